The molecule has 2 atom stereocenters. The van der Waals surface area contributed by atoms with Crippen LogP contribution in [0.3, 0.4) is 0 Å². The van der Waals surface area contributed by atoms with Crippen molar-refractivity contribution in [1.29, 1.82) is 0 Å². The lowest BCUT2D eigenvalue weighted by Gasteiger charge is -2.29. The highest BCUT2D eigenvalue weighted by Gasteiger charge is 2.51. The van der Waals surface area contributed by atoms with Crippen molar-refractivity contribution in [1.82, 2.24) is 19.8 Å². The lowest BCUT2D eigenvalue weighted by molar-refractivity contribution is -0.124. The van der Waals surface area contributed by atoms with Crippen LogP contribution in [0.1, 0.15) is 383 Å². The molecule has 0 aliphatic carbocycles. The molecular weight excluding hydrogens is 1520 g/mol. The molecule has 8 aromatic rings. The predicted octanol–water partition coefficient (Wildman–Crippen LogP) is 33.8. The molecule has 0 fully saturated rings. The zero-order valence-electron chi connectivity index (χ0n) is 71.9. The lowest BCUT2D eigenvalue weighted by Crippen LogP contribution is -2.34. The number of fused-ring (bicyclic) bond motifs is 1. The Morgan fingerprint density at radius 3 is 1.07 bits per heavy atom. The third-order valence-electron chi connectivity index (χ3n) is 23.3. The van der Waals surface area contributed by atoms with E-state index in [0.717, 1.165) is 121 Å². The van der Waals surface area contributed by atoms with E-state index in [9.17, 15) is 0 Å². The Hall–Kier alpha value is -4.12. The number of hydrogen-bond acceptors (Lipinski definition) is 12. The summed E-state index contributed by atoms with van der Waals surface area (Å²) in [5.74, 6) is 0.605. The number of amides is 2. The normalized spacial score (nSPS) is 14.2. The second kappa shape index (κ2) is 45.7. The zero-order chi connectivity index (χ0) is 79.6. The van der Waals surface area contributed by atoms with E-state index in [2.05, 4.69) is 161 Å². The first kappa shape index (κ1) is 90.2. The molecule has 2 aliphatic heterocycles. The molecule has 0 saturated carbocycles. The van der Waals surface area contributed by atoms with Crippen LogP contribution in [0.2, 0.25) is 0 Å². The number of aromatic nitrogens is 2. The van der Waals surface area contributed by atoms with Gasteiger partial charge in [0.1, 0.15) is 10.0 Å². The van der Waals surface area contributed by atoms with E-state index in [1.807, 2.05) is 74.2 Å². The fraction of sp³-hybridized carbons (Fsp3) is 0.633. The van der Waals surface area contributed by atoms with Gasteiger partial charge in [0.05, 0.1) is 42.0 Å². The van der Waals surface area contributed by atoms with Crippen molar-refractivity contribution in [2.24, 2.45) is 11.8 Å². The predicted molar refractivity (Wildman–Crippen MR) is 501 cm³/mol. The van der Waals surface area contributed by atoms with Gasteiger partial charge in [-0.3, -0.25) is 9.59 Å². The molecule has 0 N–H and O–H groups in total. The summed E-state index contributed by atoms with van der Waals surface area (Å²) in [6.07, 6.45) is 54.3. The third-order valence-corrected chi connectivity index (χ3v) is 34.1. The second-order valence-electron chi connectivity index (χ2n) is 35.1. The van der Waals surface area contributed by atoms with Crippen LogP contribution >= 0.6 is 90.7 Å². The molecule has 0 radical (unpaired) electrons. The molecule has 14 heteroatoms. The molecular formula is C98H142N4O2S8. The minimum absolute atomic E-state index is 0.00154. The Labute approximate surface area is 712 Å². The number of unbranched alkanes of at least 4 members (excludes halogenated alkanes) is 26. The van der Waals surface area contributed by atoms with Gasteiger partial charge >= 0.3 is 0 Å². The highest BCUT2D eigenvalue weighted by Crippen LogP contribution is 2.54. The van der Waals surface area contributed by atoms with Crippen LogP contribution in [0, 0.1) is 11.8 Å². The van der Waals surface area contributed by atoms with Gasteiger partial charge in [-0.1, -0.05) is 290 Å². The fourth-order valence-electron chi connectivity index (χ4n) is 16.8. The summed E-state index contributed by atoms with van der Waals surface area (Å²) in [7, 11) is 0. The molecule has 10 rings (SSSR count). The van der Waals surface area contributed by atoms with Gasteiger partial charge in [0.15, 0.2) is 0 Å². The van der Waals surface area contributed by atoms with Crippen LogP contribution in [-0.2, 0) is 46.1 Å². The summed E-state index contributed by atoms with van der Waals surface area (Å²) in [5.41, 5.74) is 8.84. The first-order valence-electron chi connectivity index (χ1n) is 45.1. The van der Waals surface area contributed by atoms with Crippen LogP contribution < -0.4 is 0 Å². The topological polar surface area (TPSA) is 66.4 Å². The maximum absolute atomic E-state index is 16.6. The molecule has 0 bridgehead atoms. The van der Waals surface area contributed by atoms with Gasteiger partial charge in [-0.05, 0) is 171 Å². The van der Waals surface area contributed by atoms with Gasteiger partial charge in [-0.2, -0.15) is 0 Å². The van der Waals surface area contributed by atoms with Crippen LogP contribution in [-0.4, -0.2) is 44.7 Å². The zero-order valence-corrected chi connectivity index (χ0v) is 78.4. The molecule has 10 heterocycles. The Balaban J connectivity index is 1.08. The molecule has 0 spiro atoms. The minimum atomic E-state index is -0.0121. The molecule has 2 aliphatic rings. The van der Waals surface area contributed by atoms with E-state index < -0.39 is 0 Å². The van der Waals surface area contributed by atoms with Crippen molar-refractivity contribution in [2.45, 2.75) is 377 Å². The maximum Gasteiger partial charge on any atom is 0.261 e. The van der Waals surface area contributed by atoms with E-state index in [1.165, 1.54) is 261 Å². The molecule has 0 saturated heterocycles. The first-order chi connectivity index (χ1) is 54.4. The van der Waals surface area contributed by atoms with Crippen molar-refractivity contribution >= 4 is 114 Å². The molecule has 614 valence electrons. The first-order valence-corrected chi connectivity index (χ1v) is 51.7. The number of carbonyl (C=O) groups is 2. The van der Waals surface area contributed by atoms with Crippen LogP contribution in [0.5, 0.6) is 0 Å². The van der Waals surface area contributed by atoms with E-state index in [4.69, 9.17) is 9.97 Å². The number of nitrogens with zero attached hydrogens (tertiary/aromatic N) is 4. The molecule has 2 amide bonds. The number of rotatable bonds is 54. The Morgan fingerprint density at radius 1 is 0.312 bits per heavy atom. The number of carbonyl (C=O) groups excluding carboxylic acids is 2. The van der Waals surface area contributed by atoms with Gasteiger partial charge < -0.3 is 9.80 Å². The van der Waals surface area contributed by atoms with E-state index in [0.29, 0.717) is 36.1 Å². The average Bonchev–Trinajstić information content (AvgIpc) is 1.55. The second-order valence-corrected chi connectivity index (χ2v) is 43.5. The van der Waals surface area contributed by atoms with Gasteiger partial charge in [0, 0.05) is 74.3 Å². The van der Waals surface area contributed by atoms with Gasteiger partial charge in [0.25, 0.3) is 11.8 Å². The number of aryl methyl sites for hydroxylation is 4. The van der Waals surface area contributed by atoms with Crippen molar-refractivity contribution in [3.8, 4) is 58.8 Å². The average molecular weight is 1660 g/mol. The van der Waals surface area contributed by atoms with Gasteiger partial charge in [0.2, 0.25) is 0 Å². The Bertz CT molecular complexity index is 4220. The SMILES string of the molecule is CCCCCCCCC(CCCCCC)CN1C(=O)C2=C(c3cnc(-c4cc(CCCCCC)c(C(C)(C)C)s4)s3)N(CC(CCCCC)CCCCCCC)C(=O)C2=C1c1cnc(-c2cc(CCCCCC)c(-c3ccc(-c4cc(CCCCCC)c(-c5sc(-c6ccc(C(C)(C)C)s6)cc5CCCCCC)s4)s3)s2)s1. The van der Waals surface area contributed by atoms with Crippen molar-refractivity contribution in [3.05, 3.63) is 114 Å². The summed E-state index contributed by atoms with van der Waals surface area (Å²) >= 11 is 15.3. The van der Waals surface area contributed by atoms with E-state index in [-0.39, 0.29) is 22.6 Å². The molecule has 2 unspecified atom stereocenters. The van der Waals surface area contributed by atoms with Crippen LogP contribution in [0.4, 0.5) is 0 Å². The maximum atomic E-state index is 16.6. The number of thiophene rings is 6. The quantitative estimate of drug-likeness (QED) is 0.0356. The highest BCUT2D eigenvalue weighted by molar-refractivity contribution is 7.31. The summed E-state index contributed by atoms with van der Waals surface area (Å²) in [6, 6.07) is 19.7. The molecule has 8 aromatic heterocycles. The highest BCUT2D eigenvalue weighted by atomic mass is 32.1. The third kappa shape index (κ3) is 24.5. The fourth-order valence-corrected chi connectivity index (χ4v) is 26.3. The van der Waals surface area contributed by atoms with Crippen molar-refractivity contribution in [3.63, 3.8) is 0 Å². The standard InChI is InChI=1S/C98H142N4O2S8/c1-15-23-31-38-40-44-52-70(50-42-33-25-17-3)68-102-87(85-86(96(102)104)88(101(95(85)103)67-69(49-41-30-22-8)51-43-39-32-24-16-2)83-66-100-94(112-83)81-64-74(56-48-37-29-21-7)92(110-81)98(12,13)14)82-65-99-93(111-82)80-63-71(53-45-34-26-18-4)89(109-80)77-58-57-75(105-77)78-61-72(54-46-35-27-19-5)90(107-78)91-73(55-47-36-28-20-6)62-79(108-91)76-59-60-84(106-76)97(9,10)11/h57-66,69-70H,15-56,67-68H2,1-14H3. The summed E-state index contributed by atoms with van der Waals surface area (Å²) in [6.45, 7) is 33.8. The van der Waals surface area contributed by atoms with Crippen molar-refractivity contribution in [2.75, 3.05) is 13.1 Å². The van der Waals surface area contributed by atoms with Crippen LogP contribution in [0.15, 0.2) is 72.1 Å². The van der Waals surface area contributed by atoms with E-state index in [1.54, 1.807) is 22.7 Å². The lowest BCUT2D eigenvalue weighted by atomic mass is 9.90. The summed E-state index contributed by atoms with van der Waals surface area (Å²) < 4.78 is 0. The Kier molecular flexibility index (Phi) is 36.8. The van der Waals surface area contributed by atoms with Gasteiger partial charge in [-0.25, -0.2) is 9.97 Å². The van der Waals surface area contributed by atoms with Crippen molar-refractivity contribution < 1.29 is 9.59 Å². The van der Waals surface area contributed by atoms with Gasteiger partial charge in [-0.15, -0.1) is 90.7 Å². The van der Waals surface area contributed by atoms with Crippen LogP contribution in [0.25, 0.3) is 70.2 Å². The number of hydrogen-bond donors (Lipinski definition) is 0. The number of thiazole rings is 2. The van der Waals surface area contributed by atoms with E-state index >= 15 is 9.59 Å². The summed E-state index contributed by atoms with van der Waals surface area (Å²) in [5, 5.41) is 1.95. The molecule has 0 aromatic carbocycles. The Morgan fingerprint density at radius 2 is 0.643 bits per heavy atom. The molecule has 6 nitrogen and oxygen atoms in total. The summed E-state index contributed by atoms with van der Waals surface area (Å²) in [4.78, 5) is 66.7. The minimum Gasteiger partial charge on any atom is -0.306 e. The molecule has 112 heavy (non-hydrogen) atoms. The largest absolute Gasteiger partial charge is 0.306 e. The monoisotopic (exact) mass is 1660 g/mol. The smallest absolute Gasteiger partial charge is 0.261 e.